The van der Waals surface area contributed by atoms with Crippen molar-refractivity contribution in [1.29, 1.82) is 0 Å². The number of nitrogens with one attached hydrogen (secondary N) is 1. The van der Waals surface area contributed by atoms with Crippen LogP contribution >= 0.6 is 11.8 Å². The van der Waals surface area contributed by atoms with Gasteiger partial charge in [0, 0.05) is 24.0 Å². The zero-order valence-electron chi connectivity index (χ0n) is 16.6. The van der Waals surface area contributed by atoms with E-state index in [4.69, 9.17) is 9.98 Å². The first kappa shape index (κ1) is 19.2. The zero-order chi connectivity index (χ0) is 20.3. The number of H-pyrrole nitrogens is 1. The third-order valence-electron chi connectivity index (χ3n) is 6.80. The fourth-order valence-electron chi connectivity index (χ4n) is 5.07. The Kier molecular flexibility index (Phi) is 4.56. The highest BCUT2D eigenvalue weighted by atomic mass is 32.2. The quantitative estimate of drug-likeness (QED) is 0.802. The molecule has 156 valence electrons. The smallest absolute Gasteiger partial charge is 0.262 e. The minimum atomic E-state index is -2.59. The zero-order valence-corrected chi connectivity index (χ0v) is 17.4. The van der Waals surface area contributed by atoms with Crippen LogP contribution in [0.3, 0.4) is 0 Å². The van der Waals surface area contributed by atoms with Crippen molar-refractivity contribution in [2.75, 3.05) is 0 Å². The summed E-state index contributed by atoms with van der Waals surface area (Å²) in [7, 11) is 0. The molecule has 0 amide bonds. The van der Waals surface area contributed by atoms with E-state index in [1.54, 1.807) is 4.68 Å². The maximum atomic E-state index is 13.6. The summed E-state index contributed by atoms with van der Waals surface area (Å²) in [6.07, 6.45) is 3.98. The Labute approximate surface area is 171 Å². The highest BCUT2D eigenvalue weighted by Crippen LogP contribution is 2.48. The molecule has 0 aromatic carbocycles. The molecule has 2 aliphatic carbocycles. The highest BCUT2D eigenvalue weighted by Gasteiger charge is 2.44. The molecule has 1 aliphatic heterocycles. The van der Waals surface area contributed by atoms with E-state index in [1.807, 2.05) is 18.7 Å². The van der Waals surface area contributed by atoms with Gasteiger partial charge in [-0.05, 0) is 38.5 Å². The molecule has 5 rings (SSSR count). The highest BCUT2D eigenvalue weighted by molar-refractivity contribution is 8.14. The predicted molar refractivity (Wildman–Crippen MR) is 110 cm³/mol. The van der Waals surface area contributed by atoms with Gasteiger partial charge in [0.2, 0.25) is 5.92 Å². The standard InChI is InChI=1S/C20H25F2N5OS/c1-10-16(24-11(2)29-10)13-3-4-14(13)17-25-18-15(19(28)26-17)9-23-27(18)12-5-7-20(21,22)8-6-12/h9-10,12-14,16H,3-8H2,1-2H3,(H,25,26,28)/t10?,13-,14-,16?/m1/s1. The van der Waals surface area contributed by atoms with E-state index in [1.165, 1.54) is 6.20 Å². The van der Waals surface area contributed by atoms with Crippen LogP contribution in [0.5, 0.6) is 0 Å². The molecule has 2 saturated carbocycles. The second-order valence-corrected chi connectivity index (χ2v) is 10.2. The second kappa shape index (κ2) is 6.89. The van der Waals surface area contributed by atoms with Crippen molar-refractivity contribution >= 4 is 27.8 Å². The molecule has 0 saturated heterocycles. The summed E-state index contributed by atoms with van der Waals surface area (Å²) in [5.41, 5.74) is 0.328. The minimum Gasteiger partial charge on any atom is -0.310 e. The van der Waals surface area contributed by atoms with Crippen molar-refractivity contribution in [1.82, 2.24) is 19.7 Å². The van der Waals surface area contributed by atoms with Gasteiger partial charge in [0.1, 0.15) is 11.2 Å². The Morgan fingerprint density at radius 1 is 1.24 bits per heavy atom. The number of hydrogen-bond acceptors (Lipinski definition) is 5. The number of rotatable bonds is 3. The van der Waals surface area contributed by atoms with Crippen molar-refractivity contribution in [2.24, 2.45) is 10.9 Å². The third kappa shape index (κ3) is 3.31. The maximum Gasteiger partial charge on any atom is 0.262 e. The number of alkyl halides is 2. The molecule has 0 spiro atoms. The molecule has 2 aromatic heterocycles. The van der Waals surface area contributed by atoms with Crippen LogP contribution in [-0.2, 0) is 0 Å². The molecule has 3 aliphatic rings. The van der Waals surface area contributed by atoms with Gasteiger partial charge < -0.3 is 4.98 Å². The van der Waals surface area contributed by atoms with E-state index in [9.17, 15) is 13.6 Å². The summed E-state index contributed by atoms with van der Waals surface area (Å²) < 4.78 is 28.8. The number of nitrogens with zero attached hydrogens (tertiary/aromatic N) is 4. The third-order valence-corrected chi connectivity index (χ3v) is 7.90. The van der Waals surface area contributed by atoms with Gasteiger partial charge in [-0.15, -0.1) is 11.8 Å². The van der Waals surface area contributed by atoms with E-state index < -0.39 is 5.92 Å². The van der Waals surface area contributed by atoms with Crippen molar-refractivity contribution in [3.05, 3.63) is 22.4 Å². The van der Waals surface area contributed by atoms with Gasteiger partial charge in [-0.2, -0.15) is 5.10 Å². The number of thioether (sulfide) groups is 1. The summed E-state index contributed by atoms with van der Waals surface area (Å²) in [5.74, 6) is -1.35. The van der Waals surface area contributed by atoms with Crippen LogP contribution in [0.25, 0.3) is 11.0 Å². The summed E-state index contributed by atoms with van der Waals surface area (Å²) in [4.78, 5) is 25.3. The van der Waals surface area contributed by atoms with Crippen molar-refractivity contribution in [3.8, 4) is 0 Å². The number of aromatic amines is 1. The molecule has 29 heavy (non-hydrogen) atoms. The second-order valence-electron chi connectivity index (χ2n) is 8.67. The molecule has 2 aromatic rings. The van der Waals surface area contributed by atoms with Gasteiger partial charge in [-0.3, -0.25) is 9.79 Å². The van der Waals surface area contributed by atoms with Crippen molar-refractivity contribution in [3.63, 3.8) is 0 Å². The van der Waals surface area contributed by atoms with Crippen LogP contribution in [0.2, 0.25) is 0 Å². The Morgan fingerprint density at radius 2 is 2.00 bits per heavy atom. The van der Waals surface area contributed by atoms with Crippen LogP contribution in [0.15, 0.2) is 16.0 Å². The molecule has 4 atom stereocenters. The van der Waals surface area contributed by atoms with Crippen molar-refractivity contribution < 1.29 is 8.78 Å². The van der Waals surface area contributed by atoms with Gasteiger partial charge in [0.05, 0.1) is 23.3 Å². The fourth-order valence-corrected chi connectivity index (χ4v) is 6.19. The van der Waals surface area contributed by atoms with Gasteiger partial charge in [0.25, 0.3) is 5.56 Å². The minimum absolute atomic E-state index is 0.134. The first-order valence-corrected chi connectivity index (χ1v) is 11.3. The molecule has 6 nitrogen and oxygen atoms in total. The van der Waals surface area contributed by atoms with E-state index in [0.29, 0.717) is 40.9 Å². The number of aromatic nitrogens is 4. The molecule has 1 N–H and O–H groups in total. The molecular formula is C20H25F2N5OS. The van der Waals surface area contributed by atoms with Crippen molar-refractivity contribution in [2.45, 2.75) is 81.5 Å². The lowest BCUT2D eigenvalue weighted by atomic mass is 9.68. The molecular weight excluding hydrogens is 396 g/mol. The summed E-state index contributed by atoms with van der Waals surface area (Å²) in [5, 5.41) is 6.35. The Morgan fingerprint density at radius 3 is 2.62 bits per heavy atom. The lowest BCUT2D eigenvalue weighted by Gasteiger charge is -2.39. The molecule has 0 radical (unpaired) electrons. The molecule has 3 heterocycles. The van der Waals surface area contributed by atoms with E-state index >= 15 is 0 Å². The summed E-state index contributed by atoms with van der Waals surface area (Å²) >= 11 is 1.81. The lowest BCUT2D eigenvalue weighted by Crippen LogP contribution is -2.38. The van der Waals surface area contributed by atoms with Gasteiger partial charge in [0.15, 0.2) is 5.65 Å². The van der Waals surface area contributed by atoms with E-state index in [2.05, 4.69) is 17.0 Å². The van der Waals surface area contributed by atoms with E-state index in [-0.39, 0.29) is 36.4 Å². The molecule has 2 unspecified atom stereocenters. The monoisotopic (exact) mass is 421 g/mol. The average molecular weight is 422 g/mol. The predicted octanol–water partition coefficient (Wildman–Crippen LogP) is 4.29. The normalized spacial score (nSPS) is 32.3. The summed E-state index contributed by atoms with van der Waals surface area (Å²) in [6.45, 7) is 4.26. The maximum absolute atomic E-state index is 13.6. The fraction of sp³-hybridized carbons (Fsp3) is 0.700. The Balaban J connectivity index is 1.46. The first-order valence-electron chi connectivity index (χ1n) is 10.4. The number of aliphatic imine (C=N–C) groups is 1. The summed E-state index contributed by atoms with van der Waals surface area (Å²) in [6, 6.07) is 0.121. The molecule has 0 bridgehead atoms. The van der Waals surface area contributed by atoms with Crippen LogP contribution in [0.1, 0.15) is 70.2 Å². The molecule has 2 fully saturated rings. The number of halogens is 2. The SMILES string of the molecule is CC1=NC([C@@H]2CC[C@H]2c2nc3c(cnn3C3CCC(F)(F)CC3)c(=O)[nH]2)C(C)S1. The largest absolute Gasteiger partial charge is 0.310 e. The van der Waals surface area contributed by atoms with Crippen LogP contribution in [0.4, 0.5) is 8.78 Å². The molecule has 9 heteroatoms. The average Bonchev–Trinajstić information content (AvgIpc) is 3.18. The van der Waals surface area contributed by atoms with E-state index in [0.717, 1.165) is 17.9 Å². The number of hydrogen-bond donors (Lipinski definition) is 1. The topological polar surface area (TPSA) is 75.9 Å². The van der Waals surface area contributed by atoms with Crippen LogP contribution < -0.4 is 5.56 Å². The van der Waals surface area contributed by atoms with Gasteiger partial charge in [-0.1, -0.05) is 6.92 Å². The van der Waals surface area contributed by atoms with Gasteiger partial charge in [-0.25, -0.2) is 18.4 Å². The first-order chi connectivity index (χ1) is 13.8. The van der Waals surface area contributed by atoms with Crippen LogP contribution in [-0.4, -0.2) is 42.0 Å². The Bertz CT molecular complexity index is 1020. The Hall–Kier alpha value is -1.77. The number of fused-ring (bicyclic) bond motifs is 1. The van der Waals surface area contributed by atoms with Gasteiger partial charge >= 0.3 is 0 Å². The van der Waals surface area contributed by atoms with Crippen LogP contribution in [0, 0.1) is 5.92 Å². The lowest BCUT2D eigenvalue weighted by molar-refractivity contribution is -0.0446.